The van der Waals surface area contributed by atoms with Crippen LogP contribution in [0.2, 0.25) is 0 Å². The van der Waals surface area contributed by atoms with Crippen LogP contribution in [0.5, 0.6) is 0 Å². The largest absolute Gasteiger partial charge is 0.460 e. The Bertz CT molecular complexity index is 1720. The van der Waals surface area contributed by atoms with Crippen molar-refractivity contribution in [3.05, 3.63) is 47.6 Å². The molecular formula is C52H83NO13. The van der Waals surface area contributed by atoms with Crippen molar-refractivity contribution in [2.75, 3.05) is 27.9 Å². The maximum absolute atomic E-state index is 14.3. The molecule has 0 aromatic carbocycles. The van der Waals surface area contributed by atoms with E-state index in [1.54, 1.807) is 34.1 Å². The van der Waals surface area contributed by atoms with Crippen LogP contribution in [-0.2, 0) is 47.7 Å². The number of esters is 1. The quantitative estimate of drug-likeness (QED) is 0.141. The van der Waals surface area contributed by atoms with Gasteiger partial charge in [-0.05, 0) is 107 Å². The zero-order chi connectivity index (χ0) is 49.3. The number of amides is 1. The van der Waals surface area contributed by atoms with Gasteiger partial charge >= 0.3 is 5.97 Å². The molecule has 14 nitrogen and oxygen atoms in total. The zero-order valence-corrected chi connectivity index (χ0v) is 41.7. The Morgan fingerprint density at radius 2 is 1.56 bits per heavy atom. The van der Waals surface area contributed by atoms with E-state index in [0.717, 1.165) is 12.0 Å². The molecule has 1 unspecified atom stereocenters. The Morgan fingerprint density at radius 3 is 2.23 bits per heavy atom. The molecule has 3 aliphatic heterocycles. The van der Waals surface area contributed by atoms with Gasteiger partial charge in [0.25, 0.3) is 11.7 Å². The Kier molecular flexibility index (Phi) is 23.8. The summed E-state index contributed by atoms with van der Waals surface area (Å²) in [5, 5.41) is 33.7. The molecule has 374 valence electrons. The molecule has 1 amide bonds. The number of rotatable bonds is 6. The molecule has 0 aromatic rings. The summed E-state index contributed by atoms with van der Waals surface area (Å²) in [4.78, 5) is 71.2. The number of ketones is 3. The average molecular weight is 930 g/mol. The Labute approximate surface area is 394 Å². The molecule has 1 aliphatic carbocycles. The minimum absolute atomic E-state index is 0.0239. The predicted molar refractivity (Wildman–Crippen MR) is 252 cm³/mol. The molecule has 4 aliphatic rings. The molecule has 3 N–H and O–H groups in total. The molecule has 66 heavy (non-hydrogen) atoms. The van der Waals surface area contributed by atoms with Crippen LogP contribution >= 0.6 is 0 Å². The summed E-state index contributed by atoms with van der Waals surface area (Å²) in [6.07, 6.45) is 11.1. The van der Waals surface area contributed by atoms with Crippen molar-refractivity contribution in [1.29, 1.82) is 0 Å². The number of carbonyl (C=O) groups is 5. The van der Waals surface area contributed by atoms with Gasteiger partial charge in [-0.3, -0.25) is 19.2 Å². The second-order valence-corrected chi connectivity index (χ2v) is 19.1. The minimum atomic E-state index is -2.42. The maximum atomic E-state index is 14.3. The first-order valence-electron chi connectivity index (χ1n) is 24.5. The first-order chi connectivity index (χ1) is 31.3. The van der Waals surface area contributed by atoms with Crippen LogP contribution in [-0.4, -0.2) is 132 Å². The van der Waals surface area contributed by atoms with Crippen LogP contribution in [0.15, 0.2) is 47.6 Å². The summed E-state index contributed by atoms with van der Waals surface area (Å²) in [6.45, 7) is 15.0. The molecule has 2 saturated heterocycles. The van der Waals surface area contributed by atoms with Crippen molar-refractivity contribution in [3.8, 4) is 0 Å². The predicted octanol–water partition coefficient (Wildman–Crippen LogP) is 6.96. The fourth-order valence-electron chi connectivity index (χ4n) is 9.85. The van der Waals surface area contributed by atoms with Crippen LogP contribution in [0.4, 0.5) is 0 Å². The van der Waals surface area contributed by atoms with Crippen molar-refractivity contribution >= 4 is 29.2 Å². The molecule has 0 aromatic heterocycles. The number of cyclic esters (lactones) is 1. The number of hydrogen-bond acceptors (Lipinski definition) is 13. The Balaban J connectivity index is 0.00000570. The zero-order valence-electron chi connectivity index (χ0n) is 41.7. The maximum Gasteiger partial charge on any atom is 0.329 e. The van der Waals surface area contributed by atoms with Crippen molar-refractivity contribution in [2.45, 2.75) is 193 Å². The molecule has 0 spiro atoms. The van der Waals surface area contributed by atoms with E-state index in [0.29, 0.717) is 63.4 Å². The average Bonchev–Trinajstić information content (AvgIpc) is 3.31. The molecule has 14 heteroatoms. The standard InChI is InChI=1S/C50H77NO13.C2H6/c1-30-15-11-10-12-16-31(2)41(60-7)29-38-22-19-35(6)50(59,64-38)47(56)48(57)51-24-14-13-17-39(51)49(58)63-42(33(4)26-36-20-23-40(53)43(27-36)61-8)28-37(52)21-18-32(3)44(54)46(62-9)45(55)34(5)25-30;1-2/h10-12,15-16,18,30,33-36,38-44,46,53-54,59H,13-14,17,19-29H2,1-9H3;1-2H3/b12-10?,15-11+,31-16?,32-18+;/t30-,33-,34-,35-,36+,38?,39+,40-,41+,42+,43-,44-,46-,50-;/m1./s1. The van der Waals surface area contributed by atoms with Crippen molar-refractivity contribution in [2.24, 2.45) is 29.6 Å². The number of aliphatic hydroxyl groups is 3. The lowest BCUT2D eigenvalue weighted by molar-refractivity contribution is -0.265. The van der Waals surface area contributed by atoms with E-state index in [4.69, 9.17) is 23.7 Å². The smallest absolute Gasteiger partial charge is 0.329 e. The molecule has 3 heterocycles. The first kappa shape index (κ1) is 57.0. The number of hydrogen-bond donors (Lipinski definition) is 3. The molecule has 3 fully saturated rings. The highest BCUT2D eigenvalue weighted by Crippen LogP contribution is 2.37. The van der Waals surface area contributed by atoms with E-state index < -0.39 is 77.9 Å². The molecule has 2 bridgehead atoms. The molecular weight excluding hydrogens is 847 g/mol. The van der Waals surface area contributed by atoms with E-state index >= 15 is 0 Å². The monoisotopic (exact) mass is 930 g/mol. The van der Waals surface area contributed by atoms with E-state index in [2.05, 4.69) is 0 Å². The van der Waals surface area contributed by atoms with Gasteiger partial charge in [-0.25, -0.2) is 4.79 Å². The SMILES string of the molecule is CC.CO[C@H]1CC2CC[C@@H](C)[C@@](O)(O2)C(=O)C(=O)N2CCCC[C@H]2C(=O)O[C@H]([C@H](C)C[C@@H]2CC[C@@H](O)[C@H](OC)C2)CC(=O)C/C=C(\C)[C@@H](O)[C@@H](OC)C(=O)[C@H](C)C[C@H](C)/C=C/C=CC=C1C. The number of piperidine rings is 1. The normalized spacial score (nSPS) is 37.3. The summed E-state index contributed by atoms with van der Waals surface area (Å²) in [7, 11) is 4.51. The third-order valence-electron chi connectivity index (χ3n) is 14.1. The number of Topliss-reactive ketones (excluding diaryl/α,β-unsaturated/α-hetero) is 3. The number of carbonyl (C=O) groups excluding carboxylic acids is 5. The van der Waals surface area contributed by atoms with Crippen LogP contribution in [0.1, 0.15) is 139 Å². The van der Waals surface area contributed by atoms with Crippen LogP contribution in [0.3, 0.4) is 0 Å². The second-order valence-electron chi connectivity index (χ2n) is 19.1. The Hall–Kier alpha value is -3.37. The van der Waals surface area contributed by atoms with Crippen molar-refractivity contribution in [3.63, 3.8) is 0 Å². The number of fused-ring (bicyclic) bond motifs is 3. The molecule has 4 rings (SSSR count). The van der Waals surface area contributed by atoms with Crippen molar-refractivity contribution in [1.82, 2.24) is 4.90 Å². The van der Waals surface area contributed by atoms with Crippen LogP contribution in [0, 0.1) is 29.6 Å². The van der Waals surface area contributed by atoms with Gasteiger partial charge in [0.05, 0.1) is 24.4 Å². The molecule has 1 saturated carbocycles. The van der Waals surface area contributed by atoms with Crippen LogP contribution < -0.4 is 0 Å². The van der Waals surface area contributed by atoms with Gasteiger partial charge in [-0.15, -0.1) is 0 Å². The van der Waals surface area contributed by atoms with Crippen LogP contribution in [0.25, 0.3) is 0 Å². The fraction of sp³-hybridized carbons (Fsp3) is 0.750. The van der Waals surface area contributed by atoms with Gasteiger partial charge in [0.2, 0.25) is 5.79 Å². The summed E-state index contributed by atoms with van der Waals surface area (Å²) in [5.74, 6) is -7.18. The van der Waals surface area contributed by atoms with Gasteiger partial charge in [-0.2, -0.15) is 0 Å². The molecule has 0 radical (unpaired) electrons. The van der Waals surface area contributed by atoms with Gasteiger partial charge in [-0.1, -0.05) is 78.0 Å². The Morgan fingerprint density at radius 1 is 0.848 bits per heavy atom. The van der Waals surface area contributed by atoms with Gasteiger partial charge in [0, 0.05) is 59.0 Å². The number of nitrogens with zero attached hydrogens (tertiary/aromatic N) is 1. The van der Waals surface area contributed by atoms with E-state index in [1.807, 2.05) is 71.9 Å². The minimum Gasteiger partial charge on any atom is -0.460 e. The summed E-state index contributed by atoms with van der Waals surface area (Å²) >= 11 is 0. The third kappa shape index (κ3) is 15.6. The van der Waals surface area contributed by atoms with E-state index in [-0.39, 0.29) is 61.2 Å². The highest BCUT2D eigenvalue weighted by molar-refractivity contribution is 6.39. The number of allylic oxidation sites excluding steroid dienone is 6. The summed E-state index contributed by atoms with van der Waals surface area (Å²) in [5.41, 5.74) is 1.27. The fourth-order valence-corrected chi connectivity index (χ4v) is 9.85. The number of ether oxygens (including phenoxy) is 5. The first-order valence-corrected chi connectivity index (χ1v) is 24.5. The number of aliphatic hydroxyl groups excluding tert-OH is 2. The summed E-state index contributed by atoms with van der Waals surface area (Å²) < 4.78 is 29.2. The lowest BCUT2D eigenvalue weighted by Crippen LogP contribution is -2.61. The van der Waals surface area contributed by atoms with E-state index in [1.165, 1.54) is 12.0 Å². The van der Waals surface area contributed by atoms with E-state index in [9.17, 15) is 39.3 Å². The number of methoxy groups -OCH3 is 3. The van der Waals surface area contributed by atoms with Gasteiger partial charge in [0.15, 0.2) is 5.78 Å². The highest BCUT2D eigenvalue weighted by atomic mass is 16.6. The van der Waals surface area contributed by atoms with Gasteiger partial charge in [0.1, 0.15) is 30.1 Å². The lowest BCUT2D eigenvalue weighted by atomic mass is 9.78. The second kappa shape index (κ2) is 27.6. The third-order valence-corrected chi connectivity index (χ3v) is 14.1. The summed E-state index contributed by atoms with van der Waals surface area (Å²) in [6, 6.07) is -1.13. The topological polar surface area (TPSA) is 195 Å². The van der Waals surface area contributed by atoms with Crippen molar-refractivity contribution < 1.29 is 63.0 Å². The van der Waals surface area contributed by atoms with Gasteiger partial charge < -0.3 is 43.9 Å². The lowest BCUT2D eigenvalue weighted by Gasteiger charge is -2.42. The molecule has 14 atom stereocenters. The highest BCUT2D eigenvalue weighted by Gasteiger charge is 2.53.